The molecule has 8 nitrogen and oxygen atoms in total. The lowest BCUT2D eigenvalue weighted by atomic mass is 9.86. The second-order valence-electron chi connectivity index (χ2n) is 4.84. The van der Waals surface area contributed by atoms with Gasteiger partial charge < -0.3 is 5.32 Å². The van der Waals surface area contributed by atoms with Gasteiger partial charge in [0, 0.05) is 6.04 Å². The van der Waals surface area contributed by atoms with Crippen molar-refractivity contribution in [2.24, 2.45) is 11.8 Å². The molecular weight excluding hydrogens is 248 g/mol. The van der Waals surface area contributed by atoms with Crippen molar-refractivity contribution in [1.29, 1.82) is 0 Å². The van der Waals surface area contributed by atoms with Gasteiger partial charge in [-0.15, -0.1) is 0 Å². The van der Waals surface area contributed by atoms with E-state index >= 15 is 0 Å². The van der Waals surface area contributed by atoms with E-state index in [0.29, 0.717) is 5.92 Å². The summed E-state index contributed by atoms with van der Waals surface area (Å²) in [4.78, 5) is 18.3. The van der Waals surface area contributed by atoms with Gasteiger partial charge in [-0.25, -0.2) is 10.8 Å². The Morgan fingerprint density at radius 3 is 2.84 bits per heavy atom. The smallest absolute Gasteiger partial charge is 0.329 e. The highest BCUT2D eigenvalue weighted by atomic mass is 16.6. The number of nitrogens with two attached hydrogens (primary N) is 1. The summed E-state index contributed by atoms with van der Waals surface area (Å²) < 4.78 is 0. The van der Waals surface area contributed by atoms with Gasteiger partial charge in [-0.1, -0.05) is 19.8 Å². The molecule has 0 aliphatic heterocycles. The van der Waals surface area contributed by atoms with Crippen molar-refractivity contribution >= 4 is 17.5 Å². The molecule has 0 saturated heterocycles. The molecular formula is C11H18N6O2. The normalized spacial score (nSPS) is 22.8. The molecule has 0 amide bonds. The predicted octanol–water partition coefficient (Wildman–Crippen LogP) is 1.66. The number of hydrazine groups is 1. The molecule has 2 atom stereocenters. The first-order chi connectivity index (χ1) is 9.11. The fourth-order valence-corrected chi connectivity index (χ4v) is 2.39. The number of rotatable bonds is 4. The fraction of sp³-hybridized carbons (Fsp3) is 0.636. The van der Waals surface area contributed by atoms with E-state index in [-0.39, 0.29) is 23.5 Å². The Labute approximate surface area is 110 Å². The fourth-order valence-electron chi connectivity index (χ4n) is 2.39. The maximum atomic E-state index is 11.0. The van der Waals surface area contributed by atoms with Crippen molar-refractivity contribution in [2.75, 3.05) is 10.7 Å². The molecule has 0 spiro atoms. The zero-order valence-electron chi connectivity index (χ0n) is 10.8. The zero-order valence-corrected chi connectivity index (χ0v) is 10.8. The average molecular weight is 266 g/mol. The van der Waals surface area contributed by atoms with Crippen LogP contribution in [0.4, 0.5) is 17.5 Å². The first kappa shape index (κ1) is 13.5. The van der Waals surface area contributed by atoms with Crippen LogP contribution in [0.5, 0.6) is 0 Å². The Hall–Kier alpha value is -1.96. The molecule has 1 fully saturated rings. The van der Waals surface area contributed by atoms with Gasteiger partial charge in [0.2, 0.25) is 11.8 Å². The number of anilines is 2. The van der Waals surface area contributed by atoms with E-state index in [1.54, 1.807) is 0 Å². The Morgan fingerprint density at radius 2 is 2.21 bits per heavy atom. The Bertz CT molecular complexity index is 466. The predicted molar refractivity (Wildman–Crippen MR) is 71.5 cm³/mol. The lowest BCUT2D eigenvalue weighted by Gasteiger charge is -2.29. The highest BCUT2D eigenvalue weighted by Gasteiger charge is 2.25. The number of nitrogens with zero attached hydrogens (tertiary/aromatic N) is 3. The van der Waals surface area contributed by atoms with Gasteiger partial charge in [0.25, 0.3) is 0 Å². The molecule has 4 N–H and O–H groups in total. The van der Waals surface area contributed by atoms with Gasteiger partial charge in [-0.3, -0.25) is 15.5 Å². The van der Waals surface area contributed by atoms with E-state index in [2.05, 4.69) is 27.6 Å². The maximum absolute atomic E-state index is 11.0. The maximum Gasteiger partial charge on any atom is 0.329 e. The molecule has 1 heterocycles. The van der Waals surface area contributed by atoms with Crippen LogP contribution in [0.1, 0.15) is 32.6 Å². The summed E-state index contributed by atoms with van der Waals surface area (Å²) in [7, 11) is 0. The van der Waals surface area contributed by atoms with Crippen LogP contribution < -0.4 is 16.6 Å². The van der Waals surface area contributed by atoms with E-state index < -0.39 is 4.92 Å². The van der Waals surface area contributed by atoms with E-state index in [1.165, 1.54) is 6.42 Å². The van der Waals surface area contributed by atoms with Crippen LogP contribution in [0.15, 0.2) is 6.20 Å². The molecule has 1 aromatic rings. The summed E-state index contributed by atoms with van der Waals surface area (Å²) in [5, 5.41) is 14.1. The summed E-state index contributed by atoms with van der Waals surface area (Å²) >= 11 is 0. The molecule has 0 bridgehead atoms. The molecule has 104 valence electrons. The van der Waals surface area contributed by atoms with E-state index in [1.807, 2.05) is 0 Å². The third-order valence-corrected chi connectivity index (χ3v) is 3.53. The Morgan fingerprint density at radius 1 is 1.47 bits per heavy atom. The summed E-state index contributed by atoms with van der Waals surface area (Å²) in [5.41, 5.74) is 2.17. The minimum absolute atomic E-state index is 0.128. The minimum atomic E-state index is -0.490. The first-order valence-corrected chi connectivity index (χ1v) is 6.36. The van der Waals surface area contributed by atoms with Crippen molar-refractivity contribution in [3.05, 3.63) is 16.3 Å². The molecule has 1 aliphatic carbocycles. The van der Waals surface area contributed by atoms with E-state index in [9.17, 15) is 10.1 Å². The lowest BCUT2D eigenvalue weighted by Crippen LogP contribution is -2.31. The molecule has 8 heteroatoms. The second kappa shape index (κ2) is 5.79. The largest absolute Gasteiger partial charge is 0.361 e. The van der Waals surface area contributed by atoms with Crippen molar-refractivity contribution < 1.29 is 4.92 Å². The van der Waals surface area contributed by atoms with Crippen molar-refractivity contribution in [3.8, 4) is 0 Å². The molecule has 0 aromatic carbocycles. The Kier molecular flexibility index (Phi) is 4.10. The molecule has 0 radical (unpaired) electrons. The number of nitro groups is 1. The minimum Gasteiger partial charge on any atom is -0.361 e. The number of aromatic nitrogens is 2. The quantitative estimate of drug-likeness (QED) is 0.430. The summed E-state index contributed by atoms with van der Waals surface area (Å²) in [6, 6.07) is 0.202. The topological polar surface area (TPSA) is 119 Å². The summed E-state index contributed by atoms with van der Waals surface area (Å²) in [6.45, 7) is 2.14. The lowest BCUT2D eigenvalue weighted by molar-refractivity contribution is -0.384. The van der Waals surface area contributed by atoms with Crippen molar-refractivity contribution in [1.82, 2.24) is 9.97 Å². The molecule has 2 rings (SSSR count). The van der Waals surface area contributed by atoms with Gasteiger partial charge in [0.1, 0.15) is 6.20 Å². The number of hydrogen-bond donors (Lipinski definition) is 3. The molecule has 19 heavy (non-hydrogen) atoms. The van der Waals surface area contributed by atoms with E-state index in [0.717, 1.165) is 25.5 Å². The van der Waals surface area contributed by atoms with Crippen LogP contribution in [0, 0.1) is 16.0 Å². The van der Waals surface area contributed by atoms with Crippen LogP contribution in [0.2, 0.25) is 0 Å². The highest BCUT2D eigenvalue weighted by molar-refractivity contribution is 5.57. The van der Waals surface area contributed by atoms with Crippen molar-refractivity contribution in [2.45, 2.75) is 38.6 Å². The zero-order chi connectivity index (χ0) is 13.8. The van der Waals surface area contributed by atoms with Crippen LogP contribution in [0.25, 0.3) is 0 Å². The van der Waals surface area contributed by atoms with Gasteiger partial charge in [0.05, 0.1) is 4.92 Å². The standard InChI is InChI=1S/C11H18N6O2/c1-7-4-2-3-5-8(7)14-10-9(17(18)19)6-13-11(15-10)16-12/h6-8H,2-5,12H2,1H3,(H2,13,14,15,16). The number of hydrogen-bond acceptors (Lipinski definition) is 7. The summed E-state index contributed by atoms with van der Waals surface area (Å²) in [5.74, 6) is 6.09. The van der Waals surface area contributed by atoms with Crippen LogP contribution in [0.3, 0.4) is 0 Å². The van der Waals surface area contributed by atoms with Gasteiger partial charge in [-0.2, -0.15) is 4.98 Å². The van der Waals surface area contributed by atoms with E-state index in [4.69, 9.17) is 5.84 Å². The van der Waals surface area contributed by atoms with Crippen LogP contribution in [-0.4, -0.2) is 20.9 Å². The SMILES string of the molecule is CC1CCCCC1Nc1nc(NN)ncc1[N+](=O)[O-]. The second-order valence-corrected chi connectivity index (χ2v) is 4.84. The monoisotopic (exact) mass is 266 g/mol. The number of nitrogens with one attached hydrogen (secondary N) is 2. The molecule has 2 unspecified atom stereocenters. The van der Waals surface area contributed by atoms with Crippen molar-refractivity contribution in [3.63, 3.8) is 0 Å². The van der Waals surface area contributed by atoms with Gasteiger partial charge >= 0.3 is 5.69 Å². The van der Waals surface area contributed by atoms with Gasteiger partial charge in [0.15, 0.2) is 0 Å². The Balaban J connectivity index is 2.23. The third kappa shape index (κ3) is 3.08. The third-order valence-electron chi connectivity index (χ3n) is 3.53. The van der Waals surface area contributed by atoms with Crippen LogP contribution >= 0.6 is 0 Å². The number of nitrogen functional groups attached to an aromatic ring is 1. The van der Waals surface area contributed by atoms with Crippen LogP contribution in [-0.2, 0) is 0 Å². The average Bonchev–Trinajstić information content (AvgIpc) is 2.41. The van der Waals surface area contributed by atoms with Gasteiger partial charge in [-0.05, 0) is 18.8 Å². The molecule has 1 saturated carbocycles. The molecule has 1 aromatic heterocycles. The summed E-state index contributed by atoms with van der Waals surface area (Å²) in [6.07, 6.45) is 5.62. The highest BCUT2D eigenvalue weighted by Crippen LogP contribution is 2.29. The molecule has 1 aliphatic rings. The first-order valence-electron chi connectivity index (χ1n) is 6.36.